The second-order valence-electron chi connectivity index (χ2n) is 12.4. The molecule has 10 rings (SSSR count). The van der Waals surface area contributed by atoms with Crippen LogP contribution in [0.1, 0.15) is 0 Å². The molecule has 0 bridgehead atoms. The van der Waals surface area contributed by atoms with Crippen molar-refractivity contribution in [2.75, 3.05) is 0 Å². The van der Waals surface area contributed by atoms with Crippen molar-refractivity contribution in [2.45, 2.75) is 0 Å². The highest BCUT2D eigenvalue weighted by Gasteiger charge is 2.19. The van der Waals surface area contributed by atoms with Crippen LogP contribution in [0.2, 0.25) is 0 Å². The fourth-order valence-corrected chi connectivity index (χ4v) is 7.10. The van der Waals surface area contributed by atoms with Gasteiger partial charge in [-0.15, -0.1) is 0 Å². The lowest BCUT2D eigenvalue weighted by atomic mass is 9.93. The third kappa shape index (κ3) is 4.57. The molecule has 0 aliphatic rings. The first-order chi connectivity index (χ1) is 24.3. The number of benzene rings is 8. The van der Waals surface area contributed by atoms with Crippen molar-refractivity contribution < 1.29 is 4.42 Å². The van der Waals surface area contributed by atoms with Crippen LogP contribution in [0.25, 0.3) is 99.5 Å². The molecule has 0 spiro atoms. The summed E-state index contributed by atoms with van der Waals surface area (Å²) in [5, 5.41) is 9.04. The van der Waals surface area contributed by atoms with Gasteiger partial charge in [-0.2, -0.15) is 0 Å². The Hall–Kier alpha value is -6.65. The maximum atomic E-state index is 6.46. The van der Waals surface area contributed by atoms with E-state index in [1.807, 2.05) is 12.1 Å². The quantitative estimate of drug-likeness (QED) is 0.195. The van der Waals surface area contributed by atoms with Crippen LogP contribution in [0.4, 0.5) is 0 Å². The molecule has 4 nitrogen and oxygen atoms in total. The smallest absolute Gasteiger partial charge is 0.164 e. The second-order valence-corrected chi connectivity index (χ2v) is 12.4. The van der Waals surface area contributed by atoms with Crippen LogP contribution >= 0.6 is 0 Å². The SMILES string of the molecule is c1ccc2cc(-c3nc(-c4ccc5ccccc5c4)nc(-c4ccc(-c5cccc6c5oc5ccccc56)c5ccccc45)n3)ccc2c1. The Bertz CT molecular complexity index is 2810. The number of para-hydroxylation sites is 2. The summed E-state index contributed by atoms with van der Waals surface area (Å²) < 4.78 is 6.46. The number of fused-ring (bicyclic) bond motifs is 6. The molecule has 0 saturated heterocycles. The van der Waals surface area contributed by atoms with Gasteiger partial charge in [0.1, 0.15) is 11.2 Å². The summed E-state index contributed by atoms with van der Waals surface area (Å²) in [5.41, 5.74) is 6.77. The number of hydrogen-bond acceptors (Lipinski definition) is 4. The molecule has 10 aromatic rings. The predicted molar refractivity (Wildman–Crippen MR) is 201 cm³/mol. The van der Waals surface area contributed by atoms with Crippen molar-refractivity contribution in [3.05, 3.63) is 164 Å². The summed E-state index contributed by atoms with van der Waals surface area (Å²) in [6.07, 6.45) is 0. The van der Waals surface area contributed by atoms with Crippen molar-refractivity contribution in [2.24, 2.45) is 0 Å². The Morgan fingerprint density at radius 3 is 1.51 bits per heavy atom. The molecule has 0 radical (unpaired) electrons. The van der Waals surface area contributed by atoms with E-state index in [0.717, 1.165) is 71.3 Å². The first kappa shape index (κ1) is 27.5. The molecule has 0 unspecified atom stereocenters. The fraction of sp³-hybridized carbons (Fsp3) is 0. The molecule has 0 saturated carbocycles. The van der Waals surface area contributed by atoms with Gasteiger partial charge in [-0.05, 0) is 62.1 Å². The standard InChI is InChI=1S/C45H27N3O/c1-3-12-30-26-32(22-20-28(30)10-1)43-46-44(33-23-21-29-11-2-4-13-31(29)27-33)48-45(47-43)40-25-24-36(34-14-5-6-15-35(34)40)38-17-9-18-39-37-16-7-8-19-41(37)49-42(38)39/h1-27H. The van der Waals surface area contributed by atoms with E-state index in [2.05, 4.69) is 152 Å². The summed E-state index contributed by atoms with van der Waals surface area (Å²) in [7, 11) is 0. The van der Waals surface area contributed by atoms with Gasteiger partial charge < -0.3 is 4.42 Å². The van der Waals surface area contributed by atoms with Gasteiger partial charge in [-0.3, -0.25) is 0 Å². The monoisotopic (exact) mass is 625 g/mol. The van der Waals surface area contributed by atoms with Gasteiger partial charge in [0.15, 0.2) is 17.5 Å². The Labute approximate surface area is 282 Å². The summed E-state index contributed by atoms with van der Waals surface area (Å²) in [6, 6.07) is 56.9. The van der Waals surface area contributed by atoms with Crippen LogP contribution < -0.4 is 0 Å². The molecule has 0 N–H and O–H groups in total. The third-order valence-electron chi connectivity index (χ3n) is 9.51. The van der Waals surface area contributed by atoms with Crippen molar-refractivity contribution in [3.8, 4) is 45.3 Å². The molecular weight excluding hydrogens is 599 g/mol. The molecular formula is C45H27N3O. The molecule has 0 fully saturated rings. The summed E-state index contributed by atoms with van der Waals surface area (Å²) in [5.74, 6) is 1.91. The van der Waals surface area contributed by atoms with Crippen LogP contribution in [-0.2, 0) is 0 Å². The van der Waals surface area contributed by atoms with Gasteiger partial charge in [0, 0.05) is 33.0 Å². The first-order valence-electron chi connectivity index (χ1n) is 16.4. The molecule has 2 heterocycles. The molecule has 2 aromatic heterocycles. The lowest BCUT2D eigenvalue weighted by molar-refractivity contribution is 0.670. The molecule has 4 heteroatoms. The van der Waals surface area contributed by atoms with E-state index in [4.69, 9.17) is 19.4 Å². The molecule has 0 aliphatic carbocycles. The molecule has 0 amide bonds. The van der Waals surface area contributed by atoms with Crippen LogP contribution in [0.5, 0.6) is 0 Å². The Balaban J connectivity index is 1.20. The average molecular weight is 626 g/mol. The Morgan fingerprint density at radius 1 is 0.327 bits per heavy atom. The number of nitrogens with zero attached hydrogens (tertiary/aromatic N) is 3. The minimum Gasteiger partial charge on any atom is -0.455 e. The van der Waals surface area contributed by atoms with Gasteiger partial charge >= 0.3 is 0 Å². The molecule has 49 heavy (non-hydrogen) atoms. The maximum Gasteiger partial charge on any atom is 0.164 e. The summed E-state index contributed by atoms with van der Waals surface area (Å²) >= 11 is 0. The van der Waals surface area contributed by atoms with Gasteiger partial charge in [0.2, 0.25) is 0 Å². The van der Waals surface area contributed by atoms with E-state index in [1.54, 1.807) is 0 Å². The number of hydrogen-bond donors (Lipinski definition) is 0. The highest BCUT2D eigenvalue weighted by molar-refractivity contribution is 6.13. The average Bonchev–Trinajstić information content (AvgIpc) is 3.56. The van der Waals surface area contributed by atoms with E-state index in [0.29, 0.717) is 17.5 Å². The van der Waals surface area contributed by atoms with Gasteiger partial charge in [0.05, 0.1) is 0 Å². The van der Waals surface area contributed by atoms with Crippen LogP contribution in [0, 0.1) is 0 Å². The van der Waals surface area contributed by atoms with Crippen molar-refractivity contribution >= 4 is 54.3 Å². The van der Waals surface area contributed by atoms with Crippen LogP contribution in [-0.4, -0.2) is 15.0 Å². The van der Waals surface area contributed by atoms with E-state index in [9.17, 15) is 0 Å². The Kier molecular flexibility index (Phi) is 6.15. The van der Waals surface area contributed by atoms with Crippen LogP contribution in [0.3, 0.4) is 0 Å². The van der Waals surface area contributed by atoms with Crippen molar-refractivity contribution in [1.82, 2.24) is 15.0 Å². The maximum absolute atomic E-state index is 6.46. The van der Waals surface area contributed by atoms with Gasteiger partial charge in [-0.25, -0.2) is 15.0 Å². The van der Waals surface area contributed by atoms with Gasteiger partial charge in [-0.1, -0.05) is 140 Å². The fourth-order valence-electron chi connectivity index (χ4n) is 7.10. The Morgan fingerprint density at radius 2 is 0.837 bits per heavy atom. The minimum absolute atomic E-state index is 0.631. The third-order valence-corrected chi connectivity index (χ3v) is 9.51. The molecule has 0 atom stereocenters. The zero-order chi connectivity index (χ0) is 32.3. The normalized spacial score (nSPS) is 11.7. The predicted octanol–water partition coefficient (Wildman–Crippen LogP) is 11.9. The largest absolute Gasteiger partial charge is 0.455 e. The second kappa shape index (κ2) is 11.0. The number of furan rings is 1. The zero-order valence-electron chi connectivity index (χ0n) is 26.3. The molecule has 228 valence electrons. The van der Waals surface area contributed by atoms with E-state index < -0.39 is 0 Å². The summed E-state index contributed by atoms with van der Waals surface area (Å²) in [4.78, 5) is 15.4. The lowest BCUT2D eigenvalue weighted by Crippen LogP contribution is -2.01. The lowest BCUT2D eigenvalue weighted by Gasteiger charge is -2.13. The molecule has 8 aromatic carbocycles. The van der Waals surface area contributed by atoms with E-state index >= 15 is 0 Å². The topological polar surface area (TPSA) is 51.8 Å². The van der Waals surface area contributed by atoms with Crippen molar-refractivity contribution in [3.63, 3.8) is 0 Å². The number of aromatic nitrogens is 3. The number of rotatable bonds is 4. The highest BCUT2D eigenvalue weighted by Crippen LogP contribution is 2.41. The van der Waals surface area contributed by atoms with Gasteiger partial charge in [0.25, 0.3) is 0 Å². The minimum atomic E-state index is 0.631. The first-order valence-corrected chi connectivity index (χ1v) is 16.4. The van der Waals surface area contributed by atoms with E-state index in [1.165, 1.54) is 10.8 Å². The van der Waals surface area contributed by atoms with Crippen LogP contribution in [0.15, 0.2) is 168 Å². The summed E-state index contributed by atoms with van der Waals surface area (Å²) in [6.45, 7) is 0. The van der Waals surface area contributed by atoms with E-state index in [-0.39, 0.29) is 0 Å². The molecule has 0 aliphatic heterocycles. The highest BCUT2D eigenvalue weighted by atomic mass is 16.3. The zero-order valence-corrected chi connectivity index (χ0v) is 26.3. The van der Waals surface area contributed by atoms with Crippen molar-refractivity contribution in [1.29, 1.82) is 0 Å².